The molecule has 1 aliphatic heterocycles. The molecular weight excluding hydrogens is 283 g/mol. The first-order chi connectivity index (χ1) is 9.52. The molecule has 4 nitrogen and oxygen atoms in total. The molecule has 6 heteroatoms. The standard InChI is InChI=1S/C14H18ClFN2O2/c1-20-12-7-10(6-11(15)8-12)13(19)18-9-14(16)2-4-17-5-3-14/h6-8,17H,2-5,9H2,1H3,(H,18,19). The lowest BCUT2D eigenvalue weighted by molar-refractivity contribution is 0.0837. The van der Waals surface area contributed by atoms with Gasteiger partial charge in [-0.25, -0.2) is 4.39 Å². The molecule has 0 bridgehead atoms. The van der Waals surface area contributed by atoms with Crippen molar-refractivity contribution in [3.63, 3.8) is 0 Å². The van der Waals surface area contributed by atoms with E-state index in [0.717, 1.165) is 0 Å². The second-order valence-corrected chi connectivity index (χ2v) is 5.40. The molecule has 110 valence electrons. The Morgan fingerprint density at radius 2 is 2.15 bits per heavy atom. The van der Waals surface area contributed by atoms with E-state index in [1.807, 2.05) is 0 Å². The van der Waals surface area contributed by atoms with E-state index >= 15 is 0 Å². The molecule has 2 N–H and O–H groups in total. The van der Waals surface area contributed by atoms with Gasteiger partial charge < -0.3 is 15.4 Å². The number of methoxy groups -OCH3 is 1. The van der Waals surface area contributed by atoms with Crippen molar-refractivity contribution in [1.29, 1.82) is 0 Å². The zero-order valence-corrected chi connectivity index (χ0v) is 12.1. The molecule has 0 radical (unpaired) electrons. The molecule has 0 aliphatic carbocycles. The number of amides is 1. The molecular formula is C14H18ClFN2O2. The minimum Gasteiger partial charge on any atom is -0.497 e. The summed E-state index contributed by atoms with van der Waals surface area (Å²) in [6.45, 7) is 1.29. The maximum absolute atomic E-state index is 14.4. The lowest BCUT2D eigenvalue weighted by Crippen LogP contribution is -2.46. The van der Waals surface area contributed by atoms with Gasteiger partial charge in [0.1, 0.15) is 11.4 Å². The van der Waals surface area contributed by atoms with Crippen LogP contribution in [0.25, 0.3) is 0 Å². The summed E-state index contributed by atoms with van der Waals surface area (Å²) in [7, 11) is 1.50. The van der Waals surface area contributed by atoms with Crippen molar-refractivity contribution >= 4 is 17.5 Å². The maximum atomic E-state index is 14.4. The number of hydrogen-bond donors (Lipinski definition) is 2. The van der Waals surface area contributed by atoms with Crippen LogP contribution in [-0.2, 0) is 0 Å². The Labute approximate surface area is 122 Å². The summed E-state index contributed by atoms with van der Waals surface area (Å²) in [5.74, 6) is 0.154. The minimum absolute atomic E-state index is 0.0162. The normalized spacial score (nSPS) is 17.6. The fourth-order valence-electron chi connectivity index (χ4n) is 2.20. The van der Waals surface area contributed by atoms with Crippen LogP contribution in [0.15, 0.2) is 18.2 Å². The predicted octanol–water partition coefficient (Wildman–Crippen LogP) is 2.17. The van der Waals surface area contributed by atoms with Gasteiger partial charge in [0, 0.05) is 10.6 Å². The lowest BCUT2D eigenvalue weighted by Gasteiger charge is -2.30. The SMILES string of the molecule is COc1cc(Cl)cc(C(=O)NCC2(F)CCNCC2)c1. The Balaban J connectivity index is 1.99. The van der Waals surface area contributed by atoms with Gasteiger partial charge >= 0.3 is 0 Å². The second kappa shape index (κ2) is 6.41. The van der Waals surface area contributed by atoms with Gasteiger partial charge in [0.15, 0.2) is 0 Å². The summed E-state index contributed by atoms with van der Waals surface area (Å²) < 4.78 is 19.4. The molecule has 1 saturated heterocycles. The minimum atomic E-state index is -1.33. The first kappa shape index (κ1) is 15.1. The molecule has 0 unspecified atom stereocenters. The first-order valence-corrected chi connectivity index (χ1v) is 6.93. The van der Waals surface area contributed by atoms with Gasteiger partial charge in [-0.2, -0.15) is 0 Å². The fourth-order valence-corrected chi connectivity index (χ4v) is 2.43. The number of piperidine rings is 1. The maximum Gasteiger partial charge on any atom is 0.251 e. The van der Waals surface area contributed by atoms with Gasteiger partial charge in [0.2, 0.25) is 0 Å². The van der Waals surface area contributed by atoms with Crippen molar-refractivity contribution in [1.82, 2.24) is 10.6 Å². The van der Waals surface area contributed by atoms with Crippen molar-refractivity contribution in [2.45, 2.75) is 18.5 Å². The van der Waals surface area contributed by atoms with E-state index in [-0.39, 0.29) is 12.5 Å². The summed E-state index contributed by atoms with van der Waals surface area (Å²) in [6.07, 6.45) is 0.818. The van der Waals surface area contributed by atoms with Crippen LogP contribution in [0.1, 0.15) is 23.2 Å². The van der Waals surface area contributed by atoms with Crippen LogP contribution in [0.2, 0.25) is 5.02 Å². The van der Waals surface area contributed by atoms with Crippen LogP contribution in [0.4, 0.5) is 4.39 Å². The second-order valence-electron chi connectivity index (χ2n) is 4.96. The smallest absolute Gasteiger partial charge is 0.251 e. The number of nitrogens with one attached hydrogen (secondary N) is 2. The lowest BCUT2D eigenvalue weighted by atomic mass is 9.94. The topological polar surface area (TPSA) is 50.4 Å². The predicted molar refractivity (Wildman–Crippen MR) is 76.3 cm³/mol. The van der Waals surface area contributed by atoms with E-state index in [1.54, 1.807) is 12.1 Å². The largest absolute Gasteiger partial charge is 0.497 e. The summed E-state index contributed by atoms with van der Waals surface area (Å²) in [6, 6.07) is 4.73. The zero-order valence-electron chi connectivity index (χ0n) is 11.3. The van der Waals surface area contributed by atoms with Crippen molar-refractivity contribution < 1.29 is 13.9 Å². The number of alkyl halides is 1. The average Bonchev–Trinajstić information content (AvgIpc) is 2.45. The van der Waals surface area contributed by atoms with E-state index < -0.39 is 5.67 Å². The van der Waals surface area contributed by atoms with E-state index in [1.165, 1.54) is 13.2 Å². The van der Waals surface area contributed by atoms with Crippen molar-refractivity contribution in [2.75, 3.05) is 26.7 Å². The van der Waals surface area contributed by atoms with Gasteiger partial charge in [-0.1, -0.05) is 11.6 Å². The molecule has 1 aromatic carbocycles. The van der Waals surface area contributed by atoms with Gasteiger partial charge in [-0.05, 0) is 44.1 Å². The summed E-state index contributed by atoms with van der Waals surface area (Å²) in [5.41, 5.74) is -0.962. The number of ether oxygens (including phenoxy) is 1. The summed E-state index contributed by atoms with van der Waals surface area (Å²) in [4.78, 5) is 12.0. The molecule has 0 atom stereocenters. The number of halogens is 2. The number of rotatable bonds is 4. The highest BCUT2D eigenvalue weighted by molar-refractivity contribution is 6.31. The first-order valence-electron chi connectivity index (χ1n) is 6.55. The van der Waals surface area contributed by atoms with E-state index in [9.17, 15) is 9.18 Å². The Hall–Kier alpha value is -1.33. The molecule has 1 aromatic rings. The molecule has 1 amide bonds. The van der Waals surface area contributed by atoms with Crippen LogP contribution in [0.3, 0.4) is 0 Å². The molecule has 0 spiro atoms. The van der Waals surface area contributed by atoms with Gasteiger partial charge in [0.25, 0.3) is 5.91 Å². The quantitative estimate of drug-likeness (QED) is 0.896. The fraction of sp³-hybridized carbons (Fsp3) is 0.500. The Bertz CT molecular complexity index is 490. The highest BCUT2D eigenvalue weighted by Gasteiger charge is 2.32. The van der Waals surface area contributed by atoms with E-state index in [0.29, 0.717) is 42.3 Å². The van der Waals surface area contributed by atoms with Gasteiger partial charge in [0.05, 0.1) is 13.7 Å². The highest BCUT2D eigenvalue weighted by atomic mass is 35.5. The van der Waals surface area contributed by atoms with Crippen molar-refractivity contribution in [2.24, 2.45) is 0 Å². The van der Waals surface area contributed by atoms with Crippen LogP contribution >= 0.6 is 11.6 Å². The van der Waals surface area contributed by atoms with Crippen LogP contribution < -0.4 is 15.4 Å². The summed E-state index contributed by atoms with van der Waals surface area (Å²) in [5, 5.41) is 6.14. The van der Waals surface area contributed by atoms with Crippen LogP contribution in [-0.4, -0.2) is 38.3 Å². The average molecular weight is 301 g/mol. The molecule has 0 aromatic heterocycles. The number of hydrogen-bond acceptors (Lipinski definition) is 3. The third-order valence-electron chi connectivity index (χ3n) is 3.43. The van der Waals surface area contributed by atoms with Crippen LogP contribution in [0, 0.1) is 0 Å². The Kier molecular flexibility index (Phi) is 4.83. The zero-order chi connectivity index (χ0) is 14.6. The molecule has 1 heterocycles. The molecule has 2 rings (SSSR count). The van der Waals surface area contributed by atoms with Gasteiger partial charge in [-0.15, -0.1) is 0 Å². The molecule has 0 saturated carbocycles. The summed E-state index contributed by atoms with van der Waals surface area (Å²) >= 11 is 5.91. The molecule has 1 aliphatic rings. The number of benzene rings is 1. The van der Waals surface area contributed by atoms with E-state index in [4.69, 9.17) is 16.3 Å². The van der Waals surface area contributed by atoms with Gasteiger partial charge in [-0.3, -0.25) is 4.79 Å². The Morgan fingerprint density at radius 3 is 2.80 bits per heavy atom. The van der Waals surface area contributed by atoms with Crippen molar-refractivity contribution in [3.05, 3.63) is 28.8 Å². The molecule has 20 heavy (non-hydrogen) atoms. The highest BCUT2D eigenvalue weighted by Crippen LogP contribution is 2.23. The number of carbonyl (C=O) groups excluding carboxylic acids is 1. The van der Waals surface area contributed by atoms with Crippen molar-refractivity contribution in [3.8, 4) is 5.75 Å². The molecule has 1 fully saturated rings. The van der Waals surface area contributed by atoms with Crippen LogP contribution in [0.5, 0.6) is 5.75 Å². The number of carbonyl (C=O) groups is 1. The van der Waals surface area contributed by atoms with E-state index in [2.05, 4.69) is 10.6 Å². The third-order valence-corrected chi connectivity index (χ3v) is 3.65. The third kappa shape index (κ3) is 3.84. The Morgan fingerprint density at radius 1 is 1.45 bits per heavy atom. The monoisotopic (exact) mass is 300 g/mol.